The molecule has 0 bridgehead atoms. The summed E-state index contributed by atoms with van der Waals surface area (Å²) >= 11 is 0. The Morgan fingerprint density at radius 1 is 1.56 bits per heavy atom. The number of esters is 1. The topological polar surface area (TPSA) is 76.1 Å². The lowest BCUT2D eigenvalue weighted by Crippen LogP contribution is -2.05. The van der Waals surface area contributed by atoms with Crippen molar-refractivity contribution in [2.45, 2.75) is 6.92 Å². The molecule has 0 atom stereocenters. The number of hydrogen-bond donors (Lipinski definition) is 1. The van der Waals surface area contributed by atoms with Gasteiger partial charge in [0.05, 0.1) is 12.2 Å². The quantitative estimate of drug-likeness (QED) is 0.457. The highest BCUT2D eigenvalue weighted by Crippen LogP contribution is 2.13. The maximum absolute atomic E-state index is 11.4. The summed E-state index contributed by atoms with van der Waals surface area (Å²) in [5, 5.41) is 8.33. The van der Waals surface area contributed by atoms with E-state index in [0.717, 1.165) is 0 Å². The molecule has 4 heteroatoms. The molecule has 0 spiro atoms. The van der Waals surface area contributed by atoms with Crippen molar-refractivity contribution in [1.29, 1.82) is 5.26 Å². The highest BCUT2D eigenvalue weighted by atomic mass is 16.5. The fourth-order valence-electron chi connectivity index (χ4n) is 1.10. The van der Waals surface area contributed by atoms with Crippen LogP contribution >= 0.6 is 0 Å². The summed E-state index contributed by atoms with van der Waals surface area (Å²) < 4.78 is 4.83. The van der Waals surface area contributed by atoms with Crippen LogP contribution in [0.15, 0.2) is 18.2 Å². The number of carbonyl (C=O) groups is 1. The molecule has 0 heterocycles. The molecule has 4 nitrogen and oxygen atoms in total. The molecule has 16 heavy (non-hydrogen) atoms. The lowest BCUT2D eigenvalue weighted by Gasteiger charge is -2.03. The summed E-state index contributed by atoms with van der Waals surface area (Å²) in [5.41, 5.74) is 6.89. The van der Waals surface area contributed by atoms with Crippen LogP contribution in [0.3, 0.4) is 0 Å². The molecule has 1 aromatic rings. The first-order chi connectivity index (χ1) is 7.69. The van der Waals surface area contributed by atoms with E-state index < -0.39 is 5.97 Å². The molecule has 0 aromatic heterocycles. The molecular formula is C12H10N2O2. The Morgan fingerprint density at radius 2 is 2.31 bits per heavy atom. The smallest absolute Gasteiger partial charge is 0.338 e. The lowest BCUT2D eigenvalue weighted by molar-refractivity contribution is 0.0526. The van der Waals surface area contributed by atoms with Crippen LogP contribution in [0.1, 0.15) is 22.8 Å². The zero-order chi connectivity index (χ0) is 12.0. The molecule has 0 radical (unpaired) electrons. The molecule has 0 saturated heterocycles. The molecular weight excluding hydrogens is 204 g/mol. The van der Waals surface area contributed by atoms with Crippen LogP contribution in [0.4, 0.5) is 5.69 Å². The molecule has 0 aliphatic carbocycles. The molecule has 0 saturated carbocycles. The van der Waals surface area contributed by atoms with Gasteiger partial charge in [0, 0.05) is 17.2 Å². The highest BCUT2D eigenvalue weighted by molar-refractivity contribution is 5.90. The number of benzene rings is 1. The maximum atomic E-state index is 11.4. The normalized spacial score (nSPS) is 8.50. The van der Waals surface area contributed by atoms with Gasteiger partial charge in [-0.2, -0.15) is 5.26 Å². The van der Waals surface area contributed by atoms with Gasteiger partial charge >= 0.3 is 5.97 Å². The van der Waals surface area contributed by atoms with Crippen LogP contribution in [0, 0.1) is 23.2 Å². The minimum Gasteiger partial charge on any atom is -0.462 e. The van der Waals surface area contributed by atoms with E-state index in [1.807, 2.05) is 0 Å². The van der Waals surface area contributed by atoms with Crippen molar-refractivity contribution in [3.8, 4) is 17.9 Å². The summed E-state index contributed by atoms with van der Waals surface area (Å²) in [6.45, 7) is 2.04. The number of hydrogen-bond acceptors (Lipinski definition) is 4. The fraction of sp³-hybridized carbons (Fsp3) is 0.167. The van der Waals surface area contributed by atoms with E-state index in [-0.39, 0.29) is 0 Å². The van der Waals surface area contributed by atoms with Gasteiger partial charge in [0.2, 0.25) is 0 Å². The average Bonchev–Trinajstić information content (AvgIpc) is 2.28. The number of nitrogens with two attached hydrogens (primary N) is 1. The third-order valence-corrected chi connectivity index (χ3v) is 1.82. The second-order valence-electron chi connectivity index (χ2n) is 2.88. The monoisotopic (exact) mass is 214 g/mol. The Bertz CT molecular complexity index is 504. The largest absolute Gasteiger partial charge is 0.462 e. The van der Waals surface area contributed by atoms with Gasteiger partial charge in [-0.25, -0.2) is 4.79 Å². The Morgan fingerprint density at radius 3 is 2.94 bits per heavy atom. The van der Waals surface area contributed by atoms with Gasteiger partial charge in [0.15, 0.2) is 6.07 Å². The first-order valence-corrected chi connectivity index (χ1v) is 4.65. The second-order valence-corrected chi connectivity index (χ2v) is 2.88. The van der Waals surface area contributed by atoms with Gasteiger partial charge in [0.1, 0.15) is 0 Å². The van der Waals surface area contributed by atoms with E-state index in [9.17, 15) is 4.79 Å². The number of carbonyl (C=O) groups excluding carboxylic acids is 1. The van der Waals surface area contributed by atoms with E-state index in [0.29, 0.717) is 23.4 Å². The minimum atomic E-state index is -0.428. The van der Waals surface area contributed by atoms with Crippen molar-refractivity contribution in [2.75, 3.05) is 12.3 Å². The van der Waals surface area contributed by atoms with Crippen molar-refractivity contribution < 1.29 is 9.53 Å². The molecule has 0 unspecified atom stereocenters. The standard InChI is InChI=1S/C12H10N2O2/c1-2-16-12(15)10-5-6-11(14)9(8-10)4-3-7-13/h5-6,8H,2,14H2,1H3. The summed E-state index contributed by atoms with van der Waals surface area (Å²) in [5.74, 6) is 4.35. The second kappa shape index (κ2) is 5.43. The Hall–Kier alpha value is -2.46. The number of rotatable bonds is 2. The van der Waals surface area contributed by atoms with E-state index in [1.165, 1.54) is 6.07 Å². The molecule has 0 aliphatic rings. The molecule has 1 aromatic carbocycles. The van der Waals surface area contributed by atoms with Gasteiger partial charge in [0.25, 0.3) is 0 Å². The minimum absolute atomic E-state index is 0.308. The van der Waals surface area contributed by atoms with Gasteiger partial charge in [-0.3, -0.25) is 0 Å². The molecule has 2 N–H and O–H groups in total. The van der Waals surface area contributed by atoms with Crippen molar-refractivity contribution >= 4 is 11.7 Å². The van der Waals surface area contributed by atoms with E-state index in [2.05, 4.69) is 11.8 Å². The van der Waals surface area contributed by atoms with Crippen LogP contribution in [-0.2, 0) is 4.74 Å². The number of nitriles is 1. The molecule has 1 rings (SSSR count). The maximum Gasteiger partial charge on any atom is 0.338 e. The van der Waals surface area contributed by atoms with Crippen molar-refractivity contribution in [2.24, 2.45) is 0 Å². The van der Waals surface area contributed by atoms with Gasteiger partial charge in [-0.15, -0.1) is 0 Å². The zero-order valence-electron chi connectivity index (χ0n) is 8.78. The third kappa shape index (κ3) is 2.76. The van der Waals surface area contributed by atoms with Crippen molar-refractivity contribution in [3.63, 3.8) is 0 Å². The zero-order valence-corrected chi connectivity index (χ0v) is 8.78. The van der Waals surface area contributed by atoms with Gasteiger partial charge in [-0.05, 0) is 31.0 Å². The molecule has 80 valence electrons. The van der Waals surface area contributed by atoms with Gasteiger partial charge in [-0.1, -0.05) is 0 Å². The van der Waals surface area contributed by atoms with Crippen molar-refractivity contribution in [3.05, 3.63) is 29.3 Å². The van der Waals surface area contributed by atoms with Crippen LogP contribution in [0.2, 0.25) is 0 Å². The number of nitrogen functional groups attached to an aromatic ring is 1. The molecule has 0 amide bonds. The first-order valence-electron chi connectivity index (χ1n) is 4.65. The van der Waals surface area contributed by atoms with Crippen molar-refractivity contribution in [1.82, 2.24) is 0 Å². The molecule has 0 fully saturated rings. The highest BCUT2D eigenvalue weighted by Gasteiger charge is 2.07. The fourth-order valence-corrected chi connectivity index (χ4v) is 1.10. The Labute approximate surface area is 93.6 Å². The summed E-state index contributed by atoms with van der Waals surface area (Å²) in [7, 11) is 0. The summed E-state index contributed by atoms with van der Waals surface area (Å²) in [6, 6.07) is 6.32. The predicted molar refractivity (Wildman–Crippen MR) is 59.3 cm³/mol. The predicted octanol–water partition coefficient (Wildman–Crippen LogP) is 1.32. The SMILES string of the molecule is CCOC(=O)c1ccc(N)c(C#CC#N)c1. The lowest BCUT2D eigenvalue weighted by atomic mass is 10.1. The molecule has 0 aliphatic heterocycles. The number of nitrogens with zero attached hydrogens (tertiary/aromatic N) is 1. The Kier molecular flexibility index (Phi) is 3.94. The van der Waals surface area contributed by atoms with Crippen LogP contribution in [0.25, 0.3) is 0 Å². The van der Waals surface area contributed by atoms with Crippen LogP contribution in [0.5, 0.6) is 0 Å². The van der Waals surface area contributed by atoms with E-state index in [4.69, 9.17) is 15.7 Å². The van der Waals surface area contributed by atoms with Crippen LogP contribution < -0.4 is 5.73 Å². The van der Waals surface area contributed by atoms with E-state index in [1.54, 1.807) is 25.1 Å². The summed E-state index contributed by atoms with van der Waals surface area (Å²) in [4.78, 5) is 11.4. The van der Waals surface area contributed by atoms with E-state index >= 15 is 0 Å². The Balaban J connectivity index is 3.08. The number of ether oxygens (including phenoxy) is 1. The average molecular weight is 214 g/mol. The summed E-state index contributed by atoms with van der Waals surface area (Å²) in [6.07, 6.45) is 0. The third-order valence-electron chi connectivity index (χ3n) is 1.82. The number of anilines is 1. The van der Waals surface area contributed by atoms with Crippen LogP contribution in [-0.4, -0.2) is 12.6 Å². The van der Waals surface area contributed by atoms with Gasteiger partial charge < -0.3 is 10.5 Å². The first kappa shape index (κ1) is 11.6.